The molecule has 1 N–H and O–H groups in total. The van der Waals surface area contributed by atoms with E-state index in [0.717, 1.165) is 11.0 Å². The van der Waals surface area contributed by atoms with Crippen LogP contribution < -0.4 is 5.32 Å². The number of fused-ring (bicyclic) bond motifs is 1. The van der Waals surface area contributed by atoms with Crippen LogP contribution in [0.1, 0.15) is 0 Å². The van der Waals surface area contributed by atoms with Crippen molar-refractivity contribution in [2.45, 2.75) is 12.6 Å². The number of hydrogen-bond acceptors (Lipinski definition) is 4. The molecule has 0 fully saturated rings. The largest absolute Gasteiger partial charge is 0.303 e. The first-order chi connectivity index (χ1) is 7.35. The zero-order valence-electron chi connectivity index (χ0n) is 8.38. The molecule has 5 nitrogen and oxygen atoms in total. The van der Waals surface area contributed by atoms with E-state index in [4.69, 9.17) is 5.26 Å². The molecule has 1 aromatic heterocycles. The van der Waals surface area contributed by atoms with Gasteiger partial charge in [-0.05, 0) is 19.2 Å². The van der Waals surface area contributed by atoms with Gasteiger partial charge in [0.25, 0.3) is 0 Å². The maximum absolute atomic E-state index is 8.82. The molecule has 15 heavy (non-hydrogen) atoms. The van der Waals surface area contributed by atoms with Crippen LogP contribution in [0.4, 0.5) is 0 Å². The van der Waals surface area contributed by atoms with Crippen LogP contribution in [0.25, 0.3) is 11.0 Å². The third-order valence-electron chi connectivity index (χ3n) is 2.28. The van der Waals surface area contributed by atoms with Gasteiger partial charge in [0.15, 0.2) is 0 Å². The number of likely N-dealkylation sites (N-methyl/N-ethyl adjacent to an activating group) is 1. The molecule has 1 aromatic carbocycles. The predicted molar refractivity (Wildman–Crippen MR) is 56.0 cm³/mol. The summed E-state index contributed by atoms with van der Waals surface area (Å²) in [6, 6.07) is 9.61. The van der Waals surface area contributed by atoms with Crippen molar-refractivity contribution in [2.75, 3.05) is 7.05 Å². The quantitative estimate of drug-likeness (QED) is 0.787. The van der Waals surface area contributed by atoms with Crippen LogP contribution in [0.3, 0.4) is 0 Å². The third-order valence-corrected chi connectivity index (χ3v) is 2.28. The molecule has 76 valence electrons. The fourth-order valence-electron chi connectivity index (χ4n) is 1.42. The third kappa shape index (κ3) is 1.80. The Hall–Kier alpha value is -1.93. The standard InChI is InChI=1S/C10H11N5/c1-12-8(6-11)7-15-10-5-3-2-4-9(10)13-14-15/h2-5,8,12H,7H2,1H3/t8-/m1/s1. The summed E-state index contributed by atoms with van der Waals surface area (Å²) in [5.41, 5.74) is 1.80. The van der Waals surface area contributed by atoms with Crippen LogP contribution in [-0.4, -0.2) is 28.1 Å². The van der Waals surface area contributed by atoms with Gasteiger partial charge < -0.3 is 5.32 Å². The number of nitrogens with zero attached hydrogens (tertiary/aromatic N) is 4. The van der Waals surface area contributed by atoms with E-state index in [1.54, 1.807) is 11.7 Å². The first kappa shape index (κ1) is 9.62. The Balaban J connectivity index is 2.33. The molecule has 0 spiro atoms. The molecule has 5 heteroatoms. The van der Waals surface area contributed by atoms with Crippen molar-refractivity contribution in [3.63, 3.8) is 0 Å². The fraction of sp³-hybridized carbons (Fsp3) is 0.300. The second kappa shape index (κ2) is 4.07. The summed E-state index contributed by atoms with van der Waals surface area (Å²) < 4.78 is 1.74. The lowest BCUT2D eigenvalue weighted by Crippen LogP contribution is -2.28. The Kier molecular flexibility index (Phi) is 2.61. The molecule has 2 rings (SSSR count). The number of aromatic nitrogens is 3. The van der Waals surface area contributed by atoms with E-state index >= 15 is 0 Å². The van der Waals surface area contributed by atoms with Crippen molar-refractivity contribution in [2.24, 2.45) is 0 Å². The zero-order chi connectivity index (χ0) is 10.7. The lowest BCUT2D eigenvalue weighted by atomic mass is 10.3. The highest BCUT2D eigenvalue weighted by Gasteiger charge is 2.08. The second-order valence-electron chi connectivity index (χ2n) is 3.23. The van der Waals surface area contributed by atoms with Crippen LogP contribution in [0.2, 0.25) is 0 Å². The van der Waals surface area contributed by atoms with E-state index in [1.165, 1.54) is 0 Å². The van der Waals surface area contributed by atoms with Gasteiger partial charge >= 0.3 is 0 Å². The minimum atomic E-state index is -0.241. The summed E-state index contributed by atoms with van der Waals surface area (Å²) in [7, 11) is 1.76. The zero-order valence-corrected chi connectivity index (χ0v) is 8.38. The van der Waals surface area contributed by atoms with Gasteiger partial charge in [-0.25, -0.2) is 4.68 Å². The first-order valence-electron chi connectivity index (χ1n) is 4.70. The summed E-state index contributed by atoms with van der Waals surface area (Å²) >= 11 is 0. The predicted octanol–water partition coefficient (Wildman–Crippen LogP) is 0.543. The minimum absolute atomic E-state index is 0.241. The van der Waals surface area contributed by atoms with Gasteiger partial charge in [-0.15, -0.1) is 5.10 Å². The number of hydrogen-bond donors (Lipinski definition) is 1. The van der Waals surface area contributed by atoms with Gasteiger partial charge in [-0.3, -0.25) is 0 Å². The molecule has 0 saturated carbocycles. The van der Waals surface area contributed by atoms with Gasteiger partial charge in [0.1, 0.15) is 11.6 Å². The number of nitriles is 1. The molecule has 2 aromatic rings. The van der Waals surface area contributed by atoms with Gasteiger partial charge in [-0.2, -0.15) is 5.26 Å². The molecule has 1 heterocycles. The van der Waals surface area contributed by atoms with Crippen molar-refractivity contribution in [1.82, 2.24) is 20.3 Å². The van der Waals surface area contributed by atoms with E-state index in [0.29, 0.717) is 6.54 Å². The average Bonchev–Trinajstić information content (AvgIpc) is 2.69. The maximum Gasteiger partial charge on any atom is 0.115 e. The van der Waals surface area contributed by atoms with Gasteiger partial charge in [-0.1, -0.05) is 17.3 Å². The van der Waals surface area contributed by atoms with Gasteiger partial charge in [0.05, 0.1) is 18.1 Å². The molecular weight excluding hydrogens is 190 g/mol. The smallest absolute Gasteiger partial charge is 0.115 e. The van der Waals surface area contributed by atoms with Gasteiger partial charge in [0.2, 0.25) is 0 Å². The second-order valence-corrected chi connectivity index (χ2v) is 3.23. The number of para-hydroxylation sites is 1. The van der Waals surface area contributed by atoms with Crippen molar-refractivity contribution >= 4 is 11.0 Å². The fourth-order valence-corrected chi connectivity index (χ4v) is 1.42. The Morgan fingerprint density at radius 3 is 3.07 bits per heavy atom. The Bertz CT molecular complexity index is 496. The molecule has 0 unspecified atom stereocenters. The molecule has 0 radical (unpaired) electrons. The highest BCUT2D eigenvalue weighted by atomic mass is 15.4. The highest BCUT2D eigenvalue weighted by Crippen LogP contribution is 2.09. The lowest BCUT2D eigenvalue weighted by molar-refractivity contribution is 0.520. The van der Waals surface area contributed by atoms with E-state index in [9.17, 15) is 0 Å². The summed E-state index contributed by atoms with van der Waals surface area (Å²) in [6.07, 6.45) is 0. The SMILES string of the molecule is CN[C@H](C#N)Cn1nnc2ccccc21. The first-order valence-corrected chi connectivity index (χ1v) is 4.70. The topological polar surface area (TPSA) is 66.5 Å². The Morgan fingerprint density at radius 1 is 1.53 bits per heavy atom. The van der Waals surface area contributed by atoms with Crippen LogP contribution in [0.5, 0.6) is 0 Å². The summed E-state index contributed by atoms with van der Waals surface area (Å²) in [5, 5.41) is 19.8. The van der Waals surface area contributed by atoms with E-state index < -0.39 is 0 Å². The Morgan fingerprint density at radius 2 is 2.33 bits per heavy atom. The molecule has 0 aliphatic rings. The maximum atomic E-state index is 8.82. The summed E-state index contributed by atoms with van der Waals surface area (Å²) in [4.78, 5) is 0. The van der Waals surface area contributed by atoms with Crippen LogP contribution in [0, 0.1) is 11.3 Å². The van der Waals surface area contributed by atoms with Crippen LogP contribution >= 0.6 is 0 Å². The molecule has 0 aliphatic heterocycles. The summed E-state index contributed by atoms with van der Waals surface area (Å²) in [6.45, 7) is 0.507. The Labute approximate surface area is 87.3 Å². The number of nitrogens with one attached hydrogen (secondary N) is 1. The van der Waals surface area contributed by atoms with Crippen molar-refractivity contribution in [3.05, 3.63) is 24.3 Å². The normalized spacial score (nSPS) is 12.5. The van der Waals surface area contributed by atoms with Crippen molar-refractivity contribution in [3.8, 4) is 6.07 Å². The number of rotatable bonds is 3. The molecule has 0 bridgehead atoms. The minimum Gasteiger partial charge on any atom is -0.303 e. The van der Waals surface area contributed by atoms with E-state index in [1.807, 2.05) is 24.3 Å². The van der Waals surface area contributed by atoms with Crippen LogP contribution in [-0.2, 0) is 6.54 Å². The van der Waals surface area contributed by atoms with Crippen molar-refractivity contribution < 1.29 is 0 Å². The van der Waals surface area contributed by atoms with Crippen molar-refractivity contribution in [1.29, 1.82) is 5.26 Å². The average molecular weight is 201 g/mol. The molecule has 0 aliphatic carbocycles. The van der Waals surface area contributed by atoms with Crippen LogP contribution in [0.15, 0.2) is 24.3 Å². The highest BCUT2D eigenvalue weighted by molar-refractivity contribution is 5.73. The monoisotopic (exact) mass is 201 g/mol. The lowest BCUT2D eigenvalue weighted by Gasteiger charge is -2.07. The molecule has 1 atom stereocenters. The van der Waals surface area contributed by atoms with Gasteiger partial charge in [0, 0.05) is 0 Å². The molecular formula is C10H11N5. The number of benzene rings is 1. The summed E-state index contributed by atoms with van der Waals surface area (Å²) in [5.74, 6) is 0. The van der Waals surface area contributed by atoms with E-state index in [2.05, 4.69) is 21.7 Å². The molecule has 0 saturated heterocycles. The molecule has 0 amide bonds. The van der Waals surface area contributed by atoms with E-state index in [-0.39, 0.29) is 6.04 Å².